The van der Waals surface area contributed by atoms with Crippen molar-refractivity contribution in [1.82, 2.24) is 9.88 Å². The minimum atomic E-state index is -0.0565. The van der Waals surface area contributed by atoms with Crippen LogP contribution >= 0.6 is 0 Å². The summed E-state index contributed by atoms with van der Waals surface area (Å²) in [5, 5.41) is 1.28. The number of hydrogen-bond donors (Lipinski definition) is 1. The van der Waals surface area contributed by atoms with Gasteiger partial charge in [-0.2, -0.15) is 0 Å². The molecule has 0 saturated carbocycles. The normalized spacial score (nSPS) is 23.3. The van der Waals surface area contributed by atoms with Crippen molar-refractivity contribution in [2.45, 2.75) is 18.9 Å². The van der Waals surface area contributed by atoms with Crippen LogP contribution in [0.5, 0.6) is 0 Å². The van der Waals surface area contributed by atoms with Gasteiger partial charge in [0.25, 0.3) is 0 Å². The highest BCUT2D eigenvalue weighted by Crippen LogP contribution is 2.30. The van der Waals surface area contributed by atoms with Gasteiger partial charge < -0.3 is 9.72 Å². The summed E-state index contributed by atoms with van der Waals surface area (Å²) in [6, 6.07) is 8.34. The lowest BCUT2D eigenvalue weighted by Gasteiger charge is -2.29. The fourth-order valence-corrected chi connectivity index (χ4v) is 3.37. The third-order valence-electron chi connectivity index (χ3n) is 4.52. The van der Waals surface area contributed by atoms with E-state index in [4.69, 9.17) is 4.74 Å². The lowest BCUT2D eigenvalue weighted by molar-refractivity contribution is -0.142. The fraction of sp³-hybridized carbons (Fsp3) is 0.353. The number of nitrogens with zero attached hydrogens (tertiary/aromatic N) is 1. The molecule has 4 nitrogen and oxygen atoms in total. The van der Waals surface area contributed by atoms with Gasteiger partial charge in [0.1, 0.15) is 6.04 Å². The number of esters is 1. The standard InChI is InChI=1S/C17H18N2O2/c20-17-16(7-10-21-17)19-8-5-12(6-9-19)14-11-18-15-4-2-1-3-13(14)15/h1-5,11,16,18H,6-10H2/t16-/m1/s1. The molecule has 1 fully saturated rings. The van der Waals surface area contributed by atoms with Crippen molar-refractivity contribution < 1.29 is 9.53 Å². The Morgan fingerprint density at radius 2 is 2.19 bits per heavy atom. The number of aromatic amines is 1. The predicted octanol–water partition coefficient (Wildman–Crippen LogP) is 2.57. The molecule has 0 aliphatic carbocycles. The smallest absolute Gasteiger partial charge is 0.323 e. The zero-order valence-electron chi connectivity index (χ0n) is 11.8. The number of carbonyl (C=O) groups is 1. The summed E-state index contributed by atoms with van der Waals surface area (Å²) in [4.78, 5) is 17.2. The van der Waals surface area contributed by atoms with Crippen LogP contribution in [0.3, 0.4) is 0 Å². The molecule has 108 valence electrons. The van der Waals surface area contributed by atoms with Crippen LogP contribution in [-0.4, -0.2) is 41.6 Å². The molecule has 1 atom stereocenters. The molecule has 4 heteroatoms. The van der Waals surface area contributed by atoms with E-state index in [0.29, 0.717) is 6.61 Å². The van der Waals surface area contributed by atoms with Crippen LogP contribution < -0.4 is 0 Å². The molecular weight excluding hydrogens is 264 g/mol. The molecule has 1 N–H and O–H groups in total. The maximum absolute atomic E-state index is 11.7. The summed E-state index contributed by atoms with van der Waals surface area (Å²) < 4.78 is 5.07. The second-order valence-electron chi connectivity index (χ2n) is 5.69. The Morgan fingerprint density at radius 3 is 2.95 bits per heavy atom. The van der Waals surface area contributed by atoms with E-state index in [2.05, 4.69) is 40.4 Å². The predicted molar refractivity (Wildman–Crippen MR) is 81.8 cm³/mol. The topological polar surface area (TPSA) is 45.3 Å². The van der Waals surface area contributed by atoms with E-state index >= 15 is 0 Å². The number of aromatic nitrogens is 1. The maximum atomic E-state index is 11.7. The van der Waals surface area contributed by atoms with E-state index in [1.54, 1.807) is 0 Å². The van der Waals surface area contributed by atoms with Gasteiger partial charge in [0.2, 0.25) is 0 Å². The van der Waals surface area contributed by atoms with Crippen LogP contribution in [-0.2, 0) is 9.53 Å². The van der Waals surface area contributed by atoms with E-state index in [0.717, 1.165) is 25.9 Å². The average molecular weight is 282 g/mol. The van der Waals surface area contributed by atoms with Gasteiger partial charge in [-0.1, -0.05) is 24.3 Å². The van der Waals surface area contributed by atoms with Crippen molar-refractivity contribution >= 4 is 22.4 Å². The maximum Gasteiger partial charge on any atom is 0.323 e. The van der Waals surface area contributed by atoms with Gasteiger partial charge in [-0.05, 0) is 18.1 Å². The number of benzene rings is 1. The molecule has 2 aliphatic rings. The SMILES string of the molecule is O=C1OCC[C@H]1N1CC=C(c2c[nH]c3ccccc23)CC1. The lowest BCUT2D eigenvalue weighted by Crippen LogP contribution is -2.41. The summed E-state index contributed by atoms with van der Waals surface area (Å²) in [5.74, 6) is -0.0565. The molecule has 1 aromatic carbocycles. The number of rotatable bonds is 2. The lowest BCUT2D eigenvalue weighted by atomic mass is 9.98. The third-order valence-corrected chi connectivity index (χ3v) is 4.52. The first kappa shape index (κ1) is 12.7. The fourth-order valence-electron chi connectivity index (χ4n) is 3.37. The minimum Gasteiger partial charge on any atom is -0.464 e. The van der Waals surface area contributed by atoms with Gasteiger partial charge in [0.05, 0.1) is 6.61 Å². The summed E-state index contributed by atoms with van der Waals surface area (Å²) in [6.07, 6.45) is 6.15. The number of H-pyrrole nitrogens is 1. The highest BCUT2D eigenvalue weighted by atomic mass is 16.5. The molecule has 4 rings (SSSR count). The Labute approximate surface area is 123 Å². The molecule has 0 spiro atoms. The summed E-state index contributed by atoms with van der Waals surface area (Å²) in [5.41, 5.74) is 3.84. The number of nitrogens with one attached hydrogen (secondary N) is 1. The second-order valence-corrected chi connectivity index (χ2v) is 5.69. The van der Waals surface area contributed by atoms with Crippen molar-refractivity contribution in [1.29, 1.82) is 0 Å². The van der Waals surface area contributed by atoms with E-state index in [1.165, 1.54) is 22.0 Å². The van der Waals surface area contributed by atoms with E-state index < -0.39 is 0 Å². The molecule has 0 amide bonds. The van der Waals surface area contributed by atoms with Crippen LogP contribution in [0.25, 0.3) is 16.5 Å². The molecule has 1 aromatic heterocycles. The van der Waals surface area contributed by atoms with E-state index in [1.807, 2.05) is 6.07 Å². The summed E-state index contributed by atoms with van der Waals surface area (Å²) >= 11 is 0. The zero-order chi connectivity index (χ0) is 14.2. The second kappa shape index (κ2) is 5.04. The minimum absolute atomic E-state index is 0.0363. The Kier molecular flexibility index (Phi) is 3.04. The summed E-state index contributed by atoms with van der Waals surface area (Å²) in [7, 11) is 0. The van der Waals surface area contributed by atoms with Gasteiger partial charge in [-0.15, -0.1) is 0 Å². The Hall–Kier alpha value is -2.07. The van der Waals surface area contributed by atoms with Crippen molar-refractivity contribution in [3.63, 3.8) is 0 Å². The highest BCUT2D eigenvalue weighted by Gasteiger charge is 2.32. The van der Waals surface area contributed by atoms with Crippen molar-refractivity contribution in [2.24, 2.45) is 0 Å². The Bertz CT molecular complexity index is 716. The number of ether oxygens (including phenoxy) is 1. The third kappa shape index (κ3) is 2.16. The van der Waals surface area contributed by atoms with Crippen LogP contribution in [0, 0.1) is 0 Å². The molecule has 0 radical (unpaired) electrons. The molecule has 1 saturated heterocycles. The van der Waals surface area contributed by atoms with Crippen molar-refractivity contribution in [3.8, 4) is 0 Å². The quantitative estimate of drug-likeness (QED) is 0.861. The highest BCUT2D eigenvalue weighted by molar-refractivity contribution is 5.92. The van der Waals surface area contributed by atoms with Gasteiger partial charge in [0.15, 0.2) is 0 Å². The number of para-hydroxylation sites is 1. The van der Waals surface area contributed by atoms with Crippen LogP contribution in [0.2, 0.25) is 0 Å². The number of fused-ring (bicyclic) bond motifs is 1. The zero-order valence-corrected chi connectivity index (χ0v) is 11.8. The molecular formula is C17H18N2O2. The molecule has 0 unspecified atom stereocenters. The van der Waals surface area contributed by atoms with Crippen molar-refractivity contribution in [3.05, 3.63) is 42.1 Å². The van der Waals surface area contributed by atoms with Crippen LogP contribution in [0.4, 0.5) is 0 Å². The monoisotopic (exact) mass is 282 g/mol. The molecule has 2 aliphatic heterocycles. The number of carbonyl (C=O) groups excluding carboxylic acids is 1. The first-order valence-electron chi connectivity index (χ1n) is 7.49. The molecule has 3 heterocycles. The van der Waals surface area contributed by atoms with E-state index in [-0.39, 0.29) is 12.0 Å². The average Bonchev–Trinajstić information content (AvgIpc) is 3.14. The van der Waals surface area contributed by atoms with Crippen molar-refractivity contribution in [2.75, 3.05) is 19.7 Å². The number of hydrogen-bond acceptors (Lipinski definition) is 3. The first-order valence-corrected chi connectivity index (χ1v) is 7.49. The van der Waals surface area contributed by atoms with Gasteiger partial charge in [-0.25, -0.2) is 0 Å². The van der Waals surface area contributed by atoms with Gasteiger partial charge >= 0.3 is 5.97 Å². The van der Waals surface area contributed by atoms with E-state index in [9.17, 15) is 4.79 Å². The summed E-state index contributed by atoms with van der Waals surface area (Å²) in [6.45, 7) is 2.32. The van der Waals surface area contributed by atoms with Crippen LogP contribution in [0.1, 0.15) is 18.4 Å². The molecule has 0 bridgehead atoms. The van der Waals surface area contributed by atoms with Gasteiger partial charge in [0, 0.05) is 42.2 Å². The van der Waals surface area contributed by atoms with Crippen LogP contribution in [0.15, 0.2) is 36.5 Å². The molecule has 21 heavy (non-hydrogen) atoms. The first-order chi connectivity index (χ1) is 10.3. The molecule has 2 aromatic rings. The Balaban J connectivity index is 1.58. The number of cyclic esters (lactones) is 1. The Morgan fingerprint density at radius 1 is 1.29 bits per heavy atom. The van der Waals surface area contributed by atoms with Gasteiger partial charge in [-0.3, -0.25) is 9.69 Å². The largest absolute Gasteiger partial charge is 0.464 e.